The number of halogens is 1. The van der Waals surface area contributed by atoms with Crippen LogP contribution in [0.2, 0.25) is 0 Å². The molecule has 1 atom stereocenters. The number of carbonyl (C=O) groups excluding carboxylic acids is 2. The van der Waals surface area contributed by atoms with Crippen LogP contribution in [0.25, 0.3) is 11.1 Å². The Hall–Kier alpha value is -4.02. The lowest BCUT2D eigenvalue weighted by Crippen LogP contribution is -2.33. The van der Waals surface area contributed by atoms with Crippen LogP contribution in [-0.2, 0) is 29.7 Å². The second kappa shape index (κ2) is 8.15. The van der Waals surface area contributed by atoms with E-state index >= 15 is 4.39 Å². The molecule has 33 heavy (non-hydrogen) atoms. The number of carbonyl (C=O) groups is 2. The number of amides is 2. The predicted molar refractivity (Wildman–Crippen MR) is 117 cm³/mol. The van der Waals surface area contributed by atoms with Gasteiger partial charge in [0.05, 0.1) is 25.8 Å². The molecular formula is C22H22FN7O3. The van der Waals surface area contributed by atoms with Gasteiger partial charge in [0.15, 0.2) is 0 Å². The number of aryl methyl sites for hydroxylation is 1. The number of cyclic esters (lactones) is 1. The minimum absolute atomic E-state index is 0.203. The van der Waals surface area contributed by atoms with Crippen LogP contribution in [0.1, 0.15) is 18.1 Å². The Kier molecular flexibility index (Phi) is 5.15. The van der Waals surface area contributed by atoms with E-state index in [2.05, 4.69) is 20.7 Å². The second-order valence-electron chi connectivity index (χ2n) is 8.14. The van der Waals surface area contributed by atoms with Crippen molar-refractivity contribution in [2.45, 2.75) is 26.1 Å². The van der Waals surface area contributed by atoms with E-state index in [1.807, 2.05) is 23.1 Å². The van der Waals surface area contributed by atoms with Gasteiger partial charge in [-0.2, -0.15) is 4.80 Å². The highest BCUT2D eigenvalue weighted by molar-refractivity contribution is 5.90. The highest BCUT2D eigenvalue weighted by atomic mass is 19.1. The molecule has 170 valence electrons. The molecule has 2 aliphatic heterocycles. The highest BCUT2D eigenvalue weighted by Gasteiger charge is 2.33. The van der Waals surface area contributed by atoms with E-state index in [0.29, 0.717) is 30.3 Å². The summed E-state index contributed by atoms with van der Waals surface area (Å²) in [6.45, 7) is 3.13. The van der Waals surface area contributed by atoms with Crippen LogP contribution in [-0.4, -0.2) is 51.4 Å². The zero-order valence-electron chi connectivity index (χ0n) is 18.2. The van der Waals surface area contributed by atoms with E-state index in [0.717, 1.165) is 16.7 Å². The number of ether oxygens (including phenoxy) is 1. The number of nitrogens with one attached hydrogen (secondary N) is 1. The summed E-state index contributed by atoms with van der Waals surface area (Å²) in [5.41, 5.74) is 3.81. The third-order valence-electron chi connectivity index (χ3n) is 5.74. The van der Waals surface area contributed by atoms with Gasteiger partial charge in [-0.1, -0.05) is 17.2 Å². The van der Waals surface area contributed by atoms with Crippen molar-refractivity contribution >= 4 is 23.6 Å². The number of anilines is 2. The Morgan fingerprint density at radius 2 is 2.03 bits per heavy atom. The topological polar surface area (TPSA) is 105 Å². The average molecular weight is 451 g/mol. The minimum Gasteiger partial charge on any atom is -0.442 e. The Labute approximate surface area is 188 Å². The summed E-state index contributed by atoms with van der Waals surface area (Å²) in [6.07, 6.45) is -1.04. The van der Waals surface area contributed by atoms with Gasteiger partial charge >= 0.3 is 6.09 Å². The van der Waals surface area contributed by atoms with Crippen LogP contribution in [0.4, 0.5) is 20.8 Å². The van der Waals surface area contributed by atoms with Gasteiger partial charge < -0.3 is 15.0 Å². The molecule has 5 rings (SSSR count). The Balaban J connectivity index is 1.33. The molecule has 2 aliphatic rings. The number of nitrogens with zero attached hydrogens (tertiary/aromatic N) is 6. The standard InChI is InChI=1S/C22H22FN7O3/c1-13(31)24-9-18-12-30(22(32)33-18)17-5-6-19(20(23)8-17)14-3-4-15-10-29(11-16(15)7-14)21-25-27-28(2)26-21/h3-8,18H,9-12H2,1-2H3,(H,24,31)/t18-/m0/s1. The van der Waals surface area contributed by atoms with Gasteiger partial charge in [-0.25, -0.2) is 9.18 Å². The number of fused-ring (bicyclic) bond motifs is 1. The van der Waals surface area contributed by atoms with Crippen molar-refractivity contribution in [2.75, 3.05) is 22.9 Å². The molecule has 0 aliphatic carbocycles. The molecule has 0 unspecified atom stereocenters. The fourth-order valence-electron chi connectivity index (χ4n) is 4.11. The Bertz CT molecular complexity index is 1240. The van der Waals surface area contributed by atoms with Crippen LogP contribution in [0.15, 0.2) is 36.4 Å². The van der Waals surface area contributed by atoms with Crippen molar-refractivity contribution in [3.05, 3.63) is 53.3 Å². The molecule has 3 aromatic rings. The normalized spacial score (nSPS) is 17.3. The van der Waals surface area contributed by atoms with Crippen molar-refractivity contribution in [3.8, 4) is 11.1 Å². The first-order chi connectivity index (χ1) is 15.9. The number of rotatable bonds is 5. The maximum absolute atomic E-state index is 15.1. The second-order valence-corrected chi connectivity index (χ2v) is 8.14. The maximum Gasteiger partial charge on any atom is 0.414 e. The van der Waals surface area contributed by atoms with E-state index in [-0.39, 0.29) is 19.0 Å². The van der Waals surface area contributed by atoms with E-state index in [1.54, 1.807) is 19.2 Å². The van der Waals surface area contributed by atoms with E-state index < -0.39 is 18.0 Å². The largest absolute Gasteiger partial charge is 0.442 e. The number of tetrazole rings is 1. The molecule has 10 nitrogen and oxygen atoms in total. The predicted octanol–water partition coefficient (Wildman–Crippen LogP) is 2.00. The summed E-state index contributed by atoms with van der Waals surface area (Å²) in [4.78, 5) is 28.1. The van der Waals surface area contributed by atoms with Crippen molar-refractivity contribution in [1.82, 2.24) is 25.5 Å². The SMILES string of the molecule is CC(=O)NC[C@H]1CN(c2ccc(-c3ccc4c(c3)CN(c3nnn(C)n3)C4)c(F)c2)C(=O)O1. The van der Waals surface area contributed by atoms with E-state index in [4.69, 9.17) is 4.74 Å². The zero-order valence-corrected chi connectivity index (χ0v) is 18.2. The Morgan fingerprint density at radius 3 is 2.76 bits per heavy atom. The summed E-state index contributed by atoms with van der Waals surface area (Å²) in [6, 6.07) is 10.5. The molecular weight excluding hydrogens is 429 g/mol. The summed E-state index contributed by atoms with van der Waals surface area (Å²) in [5.74, 6) is -0.0820. The van der Waals surface area contributed by atoms with Crippen molar-refractivity contribution < 1.29 is 18.7 Å². The number of hydrogen-bond donors (Lipinski definition) is 1. The van der Waals surface area contributed by atoms with Gasteiger partial charge in [0.2, 0.25) is 5.91 Å². The summed E-state index contributed by atoms with van der Waals surface area (Å²) < 4.78 is 20.3. The van der Waals surface area contributed by atoms with Crippen molar-refractivity contribution in [3.63, 3.8) is 0 Å². The molecule has 1 fully saturated rings. The summed E-state index contributed by atoms with van der Waals surface area (Å²) in [7, 11) is 1.72. The van der Waals surface area contributed by atoms with Gasteiger partial charge in [-0.15, -0.1) is 5.10 Å². The fourth-order valence-corrected chi connectivity index (χ4v) is 4.11. The average Bonchev–Trinajstić information content (AvgIpc) is 3.49. The summed E-state index contributed by atoms with van der Waals surface area (Å²) >= 11 is 0. The molecule has 0 spiro atoms. The lowest BCUT2D eigenvalue weighted by atomic mass is 10.00. The maximum atomic E-state index is 15.1. The van der Waals surface area contributed by atoms with E-state index in [1.165, 1.54) is 22.7 Å². The van der Waals surface area contributed by atoms with Gasteiger partial charge in [0.1, 0.15) is 11.9 Å². The van der Waals surface area contributed by atoms with Crippen LogP contribution < -0.4 is 15.1 Å². The quantitative estimate of drug-likeness (QED) is 0.633. The number of aromatic nitrogens is 4. The van der Waals surface area contributed by atoms with Crippen molar-refractivity contribution in [1.29, 1.82) is 0 Å². The lowest BCUT2D eigenvalue weighted by molar-refractivity contribution is -0.119. The highest BCUT2D eigenvalue weighted by Crippen LogP contribution is 2.33. The van der Waals surface area contributed by atoms with Gasteiger partial charge in [-0.3, -0.25) is 9.69 Å². The monoisotopic (exact) mass is 451 g/mol. The molecule has 0 saturated carbocycles. The zero-order chi connectivity index (χ0) is 23.1. The number of benzene rings is 2. The minimum atomic E-state index is -0.562. The van der Waals surface area contributed by atoms with Crippen LogP contribution in [0.3, 0.4) is 0 Å². The number of hydrogen-bond acceptors (Lipinski definition) is 7. The van der Waals surface area contributed by atoms with Crippen LogP contribution >= 0.6 is 0 Å². The molecule has 1 aromatic heterocycles. The molecule has 0 radical (unpaired) electrons. The smallest absolute Gasteiger partial charge is 0.414 e. The molecule has 11 heteroatoms. The first-order valence-electron chi connectivity index (χ1n) is 10.5. The Morgan fingerprint density at radius 1 is 1.21 bits per heavy atom. The molecule has 1 N–H and O–H groups in total. The molecule has 0 bridgehead atoms. The van der Waals surface area contributed by atoms with Crippen LogP contribution in [0.5, 0.6) is 0 Å². The lowest BCUT2D eigenvalue weighted by Gasteiger charge is -2.15. The first-order valence-corrected chi connectivity index (χ1v) is 10.5. The van der Waals surface area contributed by atoms with Gasteiger partial charge in [0, 0.05) is 25.6 Å². The third kappa shape index (κ3) is 4.09. The van der Waals surface area contributed by atoms with Crippen LogP contribution in [0, 0.1) is 5.82 Å². The molecule has 2 amide bonds. The fraction of sp³-hybridized carbons (Fsp3) is 0.318. The first kappa shape index (κ1) is 20.9. The molecule has 2 aromatic carbocycles. The van der Waals surface area contributed by atoms with Crippen molar-refractivity contribution in [2.24, 2.45) is 7.05 Å². The molecule has 3 heterocycles. The van der Waals surface area contributed by atoms with E-state index in [9.17, 15) is 9.59 Å². The molecule has 1 saturated heterocycles. The van der Waals surface area contributed by atoms with Gasteiger partial charge in [-0.05, 0) is 46.2 Å². The van der Waals surface area contributed by atoms with Gasteiger partial charge in [0.25, 0.3) is 5.95 Å². The third-order valence-corrected chi connectivity index (χ3v) is 5.74. The summed E-state index contributed by atoms with van der Waals surface area (Å²) in [5, 5.41) is 14.8.